The molecule has 65 heavy (non-hydrogen) atoms. The Morgan fingerprint density at radius 2 is 0.523 bits per heavy atom. The summed E-state index contributed by atoms with van der Waals surface area (Å²) in [6.45, 7) is 3.55. The summed E-state index contributed by atoms with van der Waals surface area (Å²) in [5.41, 5.74) is -12.9. The highest BCUT2D eigenvalue weighted by molar-refractivity contribution is 7.20. The van der Waals surface area contributed by atoms with Gasteiger partial charge in [-0.05, 0) is 25.0 Å². The quantitative estimate of drug-likeness (QED) is 0.0331. The first-order valence-corrected chi connectivity index (χ1v) is 19.7. The Morgan fingerprint density at radius 3 is 0.769 bits per heavy atom. The summed E-state index contributed by atoms with van der Waals surface area (Å²) in [5.74, 6) is -71.4. The molecular weight excluding hydrogens is 921 g/mol. The topological polar surface area (TPSA) is 4.44 Å². The minimum Gasteiger partial charge on any atom is -0.305 e. The molecule has 0 spiro atoms. The number of nitrogens with one attached hydrogen (secondary N) is 1. The number of unbranched alkanes of at least 4 members (excludes halogenated alkanes) is 9. The molecule has 0 aliphatic carbocycles. The third kappa shape index (κ3) is 9.82. The molecule has 1 nitrogen and oxygen atoms in total. The smallest absolute Gasteiger partial charge is 0.200 e. The standard InChI is InChI=1S/C24BF20.C19H33N/c26-5-1(6(27)14(35)21(42)13(5)34)25(2-7(28)15(36)22(43)16(37)8(2)29,3-9(30)17(38)23(44)18(39)10(3)31)4-11(32)19(40)24(45)20(41)12(4)33;1-3-4-5-6-7-8-9-10-11-15-18-20(2)19-16-13-12-14-17-19/h;12-14,16-17H,3-11,15,18H2,1-2H3/q-1;/p+1. The second kappa shape index (κ2) is 21.8. The summed E-state index contributed by atoms with van der Waals surface area (Å²) >= 11 is 0. The van der Waals surface area contributed by atoms with Crippen molar-refractivity contribution < 1.29 is 92.7 Å². The molecule has 0 bridgehead atoms. The molecule has 0 heterocycles. The zero-order valence-corrected chi connectivity index (χ0v) is 33.8. The van der Waals surface area contributed by atoms with Crippen LogP contribution in [0.3, 0.4) is 0 Å². The number of hydrogen-bond donors (Lipinski definition) is 1. The van der Waals surface area contributed by atoms with Gasteiger partial charge in [0.25, 0.3) is 0 Å². The van der Waals surface area contributed by atoms with Gasteiger partial charge in [-0.2, -0.15) is 0 Å². The van der Waals surface area contributed by atoms with Crippen molar-refractivity contribution in [3.8, 4) is 0 Å². The maximum absolute atomic E-state index is 15.4. The second-order valence-corrected chi connectivity index (χ2v) is 14.9. The third-order valence-electron chi connectivity index (χ3n) is 10.9. The first-order chi connectivity index (χ1) is 30.5. The van der Waals surface area contributed by atoms with Crippen molar-refractivity contribution in [2.45, 2.75) is 71.1 Å². The predicted octanol–water partition coefficient (Wildman–Crippen LogP) is 10.6. The van der Waals surface area contributed by atoms with E-state index in [0.29, 0.717) is 0 Å². The molecule has 5 rings (SSSR count). The Bertz CT molecular complexity index is 2130. The molecule has 1 unspecified atom stereocenters. The predicted molar refractivity (Wildman–Crippen MR) is 199 cm³/mol. The first-order valence-electron chi connectivity index (χ1n) is 19.7. The molecule has 0 aliphatic rings. The molecule has 0 saturated heterocycles. The molecule has 0 saturated carbocycles. The van der Waals surface area contributed by atoms with E-state index < -0.39 is 144 Å². The summed E-state index contributed by atoms with van der Waals surface area (Å²) in [6, 6.07) is 10.8. The zero-order valence-electron chi connectivity index (χ0n) is 33.8. The van der Waals surface area contributed by atoms with Crippen molar-refractivity contribution >= 4 is 33.7 Å². The summed E-state index contributed by atoms with van der Waals surface area (Å²) in [6.07, 6.45) is 7.00. The minimum absolute atomic E-state index is 1.26. The van der Waals surface area contributed by atoms with Crippen LogP contribution in [0, 0.1) is 116 Å². The maximum Gasteiger partial charge on any atom is 0.200 e. The van der Waals surface area contributed by atoms with Gasteiger partial charge in [-0.1, -0.05) is 76.5 Å². The number of benzene rings is 5. The molecule has 0 radical (unpaired) electrons. The monoisotopic (exact) mass is 955 g/mol. The number of halogens is 20. The summed E-state index contributed by atoms with van der Waals surface area (Å²) in [7, 11) is 2.28. The van der Waals surface area contributed by atoms with E-state index in [1.807, 2.05) is 0 Å². The van der Waals surface area contributed by atoms with Crippen molar-refractivity contribution in [3.63, 3.8) is 0 Å². The number of rotatable bonds is 16. The SMILES string of the molecule is CCCCCCCCCCCC[NH+](C)c1ccccc1.Fc1c(F)c(F)c([B-](c2c(F)c(F)c(F)c(F)c2F)(c2c(F)c(F)c(F)c(F)c2F)c2c(F)c(F)c(F)c(F)c2F)c(F)c1F. The number of para-hydroxylation sites is 1. The van der Waals surface area contributed by atoms with E-state index in [2.05, 4.69) is 44.3 Å². The van der Waals surface area contributed by atoms with Crippen LogP contribution in [0.2, 0.25) is 0 Å². The van der Waals surface area contributed by atoms with Crippen LogP contribution in [0.1, 0.15) is 71.1 Å². The first kappa shape index (κ1) is 52.4. The molecule has 0 aliphatic heterocycles. The summed E-state index contributed by atoms with van der Waals surface area (Å²) < 4.78 is 294. The van der Waals surface area contributed by atoms with Gasteiger partial charge in [0.2, 0.25) is 0 Å². The maximum atomic E-state index is 15.4. The average Bonchev–Trinajstić information content (AvgIpc) is 3.29. The van der Waals surface area contributed by atoms with Gasteiger partial charge in [-0.15, -0.1) is 21.9 Å². The van der Waals surface area contributed by atoms with Crippen LogP contribution >= 0.6 is 0 Å². The van der Waals surface area contributed by atoms with Crippen LogP contribution in [-0.2, 0) is 0 Å². The van der Waals surface area contributed by atoms with Crippen LogP contribution < -0.4 is 26.8 Å². The van der Waals surface area contributed by atoms with Crippen molar-refractivity contribution in [1.29, 1.82) is 0 Å². The lowest BCUT2D eigenvalue weighted by atomic mass is 9.12. The fourth-order valence-corrected chi connectivity index (χ4v) is 7.62. The molecule has 0 amide bonds. The largest absolute Gasteiger partial charge is 0.305 e. The van der Waals surface area contributed by atoms with Crippen LogP contribution in [-0.4, -0.2) is 19.7 Å². The van der Waals surface area contributed by atoms with Gasteiger partial charge >= 0.3 is 0 Å². The highest BCUT2D eigenvalue weighted by atomic mass is 19.2. The molecule has 354 valence electrons. The Morgan fingerprint density at radius 1 is 0.308 bits per heavy atom. The molecule has 1 atom stereocenters. The van der Waals surface area contributed by atoms with E-state index >= 15 is 35.1 Å². The van der Waals surface area contributed by atoms with Crippen molar-refractivity contribution in [1.82, 2.24) is 0 Å². The second-order valence-electron chi connectivity index (χ2n) is 14.9. The van der Waals surface area contributed by atoms with E-state index in [-0.39, 0.29) is 0 Å². The van der Waals surface area contributed by atoms with Crippen molar-refractivity contribution in [3.05, 3.63) is 147 Å². The Kier molecular flexibility index (Phi) is 17.6. The Labute approximate surface area is 357 Å². The van der Waals surface area contributed by atoms with E-state index in [1.54, 1.807) is 4.90 Å². The fraction of sp³-hybridized carbons (Fsp3) is 0.302. The normalized spacial score (nSPS) is 12.2. The molecule has 5 aromatic rings. The van der Waals surface area contributed by atoms with Gasteiger partial charge in [0.1, 0.15) is 58.4 Å². The molecule has 0 fully saturated rings. The van der Waals surface area contributed by atoms with Crippen molar-refractivity contribution in [2.75, 3.05) is 13.6 Å². The van der Waals surface area contributed by atoms with Crippen LogP contribution in [0.4, 0.5) is 93.5 Å². The van der Waals surface area contributed by atoms with E-state index in [4.69, 9.17) is 0 Å². The lowest BCUT2D eigenvalue weighted by molar-refractivity contribution is -0.810. The minimum atomic E-state index is -7.22. The highest BCUT2D eigenvalue weighted by Gasteiger charge is 2.52. The van der Waals surface area contributed by atoms with E-state index in [9.17, 15) is 52.7 Å². The van der Waals surface area contributed by atoms with Gasteiger partial charge in [0.05, 0.1) is 13.6 Å². The summed E-state index contributed by atoms with van der Waals surface area (Å²) in [4.78, 5) is 1.55. The Balaban J connectivity index is 0.000000387. The summed E-state index contributed by atoms with van der Waals surface area (Å²) in [5, 5.41) is 0. The van der Waals surface area contributed by atoms with Crippen LogP contribution in [0.5, 0.6) is 0 Å². The fourth-order valence-electron chi connectivity index (χ4n) is 7.62. The third-order valence-corrected chi connectivity index (χ3v) is 10.9. The molecule has 5 aromatic carbocycles. The average molecular weight is 956 g/mol. The molecule has 1 N–H and O–H groups in total. The van der Waals surface area contributed by atoms with Gasteiger partial charge in [0.15, 0.2) is 69.8 Å². The van der Waals surface area contributed by atoms with Gasteiger partial charge in [-0.3, -0.25) is 0 Å². The van der Waals surface area contributed by atoms with Gasteiger partial charge in [-0.25, -0.2) is 87.8 Å². The zero-order chi connectivity index (χ0) is 48.8. The van der Waals surface area contributed by atoms with Crippen LogP contribution in [0.25, 0.3) is 0 Å². The van der Waals surface area contributed by atoms with Crippen LogP contribution in [0.15, 0.2) is 30.3 Å². The van der Waals surface area contributed by atoms with E-state index in [0.717, 1.165) is 0 Å². The lowest BCUT2D eigenvalue weighted by Crippen LogP contribution is -3.03. The Hall–Kier alpha value is -5.28. The van der Waals surface area contributed by atoms with Gasteiger partial charge < -0.3 is 4.90 Å². The van der Waals surface area contributed by atoms with Gasteiger partial charge in [0, 0.05) is 0 Å². The molecular formula is C43H34BF20N. The lowest BCUT2D eigenvalue weighted by Gasteiger charge is -2.44. The number of hydrogen-bond acceptors (Lipinski definition) is 0. The van der Waals surface area contributed by atoms with Crippen molar-refractivity contribution in [2.24, 2.45) is 0 Å². The molecule has 22 heteroatoms. The van der Waals surface area contributed by atoms with E-state index in [1.165, 1.54) is 76.4 Å². The highest BCUT2D eigenvalue weighted by Crippen LogP contribution is 2.31. The molecule has 0 aromatic heterocycles. The number of quaternary nitrogens is 1.